The summed E-state index contributed by atoms with van der Waals surface area (Å²) in [5, 5.41) is 1.62. The van der Waals surface area contributed by atoms with Gasteiger partial charge in [-0.05, 0) is 25.0 Å². The number of anilines is 1. The van der Waals surface area contributed by atoms with Gasteiger partial charge in [0.1, 0.15) is 5.52 Å². The van der Waals surface area contributed by atoms with Crippen molar-refractivity contribution in [3.8, 4) is 0 Å². The van der Waals surface area contributed by atoms with E-state index in [0.29, 0.717) is 23.2 Å². The monoisotopic (exact) mass is 353 g/mol. The van der Waals surface area contributed by atoms with Crippen molar-refractivity contribution in [2.75, 3.05) is 18.0 Å². The van der Waals surface area contributed by atoms with Crippen molar-refractivity contribution in [2.24, 2.45) is 0 Å². The van der Waals surface area contributed by atoms with E-state index < -0.39 is 11.9 Å². The Morgan fingerprint density at radius 3 is 2.79 bits per heavy atom. The Hall–Kier alpha value is -2.09. The van der Waals surface area contributed by atoms with E-state index in [9.17, 15) is 13.2 Å². The third-order valence-corrected chi connectivity index (χ3v) is 5.14. The summed E-state index contributed by atoms with van der Waals surface area (Å²) >= 11 is 1.08. The first kappa shape index (κ1) is 15.4. The van der Waals surface area contributed by atoms with Gasteiger partial charge in [0.2, 0.25) is 0 Å². The molecule has 0 radical (unpaired) electrons. The van der Waals surface area contributed by atoms with Gasteiger partial charge in [-0.25, -0.2) is 4.98 Å². The lowest BCUT2D eigenvalue weighted by molar-refractivity contribution is -0.140. The first-order valence-electron chi connectivity index (χ1n) is 7.64. The maximum absolute atomic E-state index is 12.7. The van der Waals surface area contributed by atoms with Crippen LogP contribution in [-0.2, 0) is 6.18 Å². The summed E-state index contributed by atoms with van der Waals surface area (Å²) in [5.41, 5.74) is 0.688. The molecule has 0 saturated carbocycles. The van der Waals surface area contributed by atoms with Gasteiger partial charge in [0.15, 0.2) is 11.3 Å². The average Bonchev–Trinajstić information content (AvgIpc) is 3.21. The third kappa shape index (κ3) is 2.86. The standard InChI is InChI=1S/C16H14F3N3OS/c17-16(18,19)13-9-24-14(21-13)10-4-3-7-22(8-10)15-20-11-5-1-2-6-12(11)23-15/h1-2,5-6,9-10H,3-4,7-8H2. The van der Waals surface area contributed by atoms with Crippen molar-refractivity contribution < 1.29 is 17.6 Å². The van der Waals surface area contributed by atoms with Crippen LogP contribution in [0.2, 0.25) is 0 Å². The largest absolute Gasteiger partial charge is 0.434 e. The molecular formula is C16H14F3N3OS. The third-order valence-electron chi connectivity index (χ3n) is 4.14. The van der Waals surface area contributed by atoms with Gasteiger partial charge in [0.05, 0.1) is 5.01 Å². The van der Waals surface area contributed by atoms with E-state index in [-0.39, 0.29) is 5.92 Å². The molecule has 0 spiro atoms. The molecule has 0 bridgehead atoms. The minimum Gasteiger partial charge on any atom is -0.423 e. The Balaban J connectivity index is 1.56. The maximum atomic E-state index is 12.7. The van der Waals surface area contributed by atoms with Crippen LogP contribution in [0, 0.1) is 0 Å². The highest BCUT2D eigenvalue weighted by molar-refractivity contribution is 7.09. The number of thiazole rings is 1. The number of alkyl halides is 3. The van der Waals surface area contributed by atoms with Gasteiger partial charge in [0, 0.05) is 24.4 Å². The van der Waals surface area contributed by atoms with Crippen molar-refractivity contribution in [3.05, 3.63) is 40.3 Å². The van der Waals surface area contributed by atoms with E-state index in [2.05, 4.69) is 9.97 Å². The normalized spacial score (nSPS) is 19.1. The molecular weight excluding hydrogens is 339 g/mol. The fourth-order valence-electron chi connectivity index (χ4n) is 2.95. The lowest BCUT2D eigenvalue weighted by Gasteiger charge is -2.30. The van der Waals surface area contributed by atoms with Crippen LogP contribution < -0.4 is 4.90 Å². The quantitative estimate of drug-likeness (QED) is 0.670. The molecule has 4 rings (SSSR count). The number of halogens is 3. The molecule has 126 valence electrons. The number of benzene rings is 1. The van der Waals surface area contributed by atoms with Gasteiger partial charge >= 0.3 is 6.18 Å². The highest BCUT2D eigenvalue weighted by atomic mass is 32.1. The van der Waals surface area contributed by atoms with Gasteiger partial charge in [-0.3, -0.25) is 0 Å². The van der Waals surface area contributed by atoms with Crippen LogP contribution in [0.4, 0.5) is 19.2 Å². The van der Waals surface area contributed by atoms with E-state index in [0.717, 1.165) is 41.6 Å². The Kier molecular flexibility index (Phi) is 3.71. The maximum Gasteiger partial charge on any atom is 0.434 e. The molecule has 0 amide bonds. The summed E-state index contributed by atoms with van der Waals surface area (Å²) in [4.78, 5) is 10.3. The Morgan fingerprint density at radius 1 is 1.21 bits per heavy atom. The second-order valence-corrected chi connectivity index (χ2v) is 6.71. The van der Waals surface area contributed by atoms with Crippen LogP contribution in [-0.4, -0.2) is 23.1 Å². The van der Waals surface area contributed by atoms with Crippen LogP contribution in [0.25, 0.3) is 11.1 Å². The summed E-state index contributed by atoms with van der Waals surface area (Å²) < 4.78 is 44.0. The number of aromatic nitrogens is 2. The summed E-state index contributed by atoms with van der Waals surface area (Å²) in [6.45, 7) is 1.35. The van der Waals surface area contributed by atoms with E-state index in [1.807, 2.05) is 29.2 Å². The van der Waals surface area contributed by atoms with Gasteiger partial charge in [-0.15, -0.1) is 11.3 Å². The molecule has 3 aromatic rings. The van der Waals surface area contributed by atoms with Crippen molar-refractivity contribution in [1.82, 2.24) is 9.97 Å². The van der Waals surface area contributed by atoms with Gasteiger partial charge in [0.25, 0.3) is 6.01 Å². The summed E-state index contributed by atoms with van der Waals surface area (Å²) in [5.74, 6) is -0.0325. The number of hydrogen-bond acceptors (Lipinski definition) is 5. The predicted octanol–water partition coefficient (Wildman–Crippen LogP) is 4.69. The van der Waals surface area contributed by atoms with Crippen LogP contribution in [0.1, 0.15) is 29.5 Å². The molecule has 1 atom stereocenters. The van der Waals surface area contributed by atoms with E-state index in [4.69, 9.17) is 4.42 Å². The molecule has 4 nitrogen and oxygen atoms in total. The van der Waals surface area contributed by atoms with Crippen molar-refractivity contribution >= 4 is 28.5 Å². The Labute approximate surface area is 139 Å². The topological polar surface area (TPSA) is 42.2 Å². The summed E-state index contributed by atoms with van der Waals surface area (Å²) in [6, 6.07) is 8.02. The van der Waals surface area contributed by atoms with Crippen molar-refractivity contribution in [2.45, 2.75) is 24.9 Å². The molecule has 1 aromatic carbocycles. The van der Waals surface area contributed by atoms with E-state index in [1.54, 1.807) is 0 Å². The molecule has 1 aliphatic rings. The highest BCUT2D eigenvalue weighted by Crippen LogP contribution is 2.36. The minimum absolute atomic E-state index is 0.0325. The molecule has 8 heteroatoms. The number of nitrogens with zero attached hydrogens (tertiary/aromatic N) is 3. The van der Waals surface area contributed by atoms with Crippen molar-refractivity contribution in [3.63, 3.8) is 0 Å². The summed E-state index contributed by atoms with van der Waals surface area (Å²) in [7, 11) is 0. The smallest absolute Gasteiger partial charge is 0.423 e. The highest BCUT2D eigenvalue weighted by Gasteiger charge is 2.35. The molecule has 24 heavy (non-hydrogen) atoms. The second-order valence-electron chi connectivity index (χ2n) is 5.82. The molecule has 1 aliphatic heterocycles. The average molecular weight is 353 g/mol. The van der Waals surface area contributed by atoms with Gasteiger partial charge in [-0.1, -0.05) is 12.1 Å². The zero-order chi connectivity index (χ0) is 16.7. The first-order chi connectivity index (χ1) is 11.5. The summed E-state index contributed by atoms with van der Waals surface area (Å²) in [6.07, 6.45) is -2.70. The predicted molar refractivity (Wildman–Crippen MR) is 85.3 cm³/mol. The molecule has 1 unspecified atom stereocenters. The number of fused-ring (bicyclic) bond motifs is 1. The van der Waals surface area contributed by atoms with Crippen molar-refractivity contribution in [1.29, 1.82) is 0 Å². The Bertz CT molecular complexity index is 824. The number of para-hydroxylation sites is 2. The molecule has 2 aromatic heterocycles. The number of hydrogen-bond donors (Lipinski definition) is 0. The van der Waals surface area contributed by atoms with Crippen LogP contribution in [0.15, 0.2) is 34.1 Å². The first-order valence-corrected chi connectivity index (χ1v) is 8.52. The molecule has 0 N–H and O–H groups in total. The molecule has 0 aliphatic carbocycles. The number of oxazole rings is 1. The minimum atomic E-state index is -4.39. The molecule has 1 fully saturated rings. The SMILES string of the molecule is FC(F)(F)c1csc(C2CCCN(c3nc4ccccc4o3)C2)n1. The zero-order valence-electron chi connectivity index (χ0n) is 12.6. The van der Waals surface area contributed by atoms with Gasteiger partial charge in [-0.2, -0.15) is 18.2 Å². The lowest BCUT2D eigenvalue weighted by atomic mass is 9.99. The molecule has 3 heterocycles. The van der Waals surface area contributed by atoms with Crippen LogP contribution in [0.5, 0.6) is 0 Å². The lowest BCUT2D eigenvalue weighted by Crippen LogP contribution is -2.34. The van der Waals surface area contributed by atoms with Gasteiger partial charge < -0.3 is 9.32 Å². The fourth-order valence-corrected chi connectivity index (χ4v) is 3.91. The van der Waals surface area contributed by atoms with Crippen LogP contribution >= 0.6 is 11.3 Å². The Morgan fingerprint density at radius 2 is 2.04 bits per heavy atom. The second kappa shape index (κ2) is 5.77. The molecule has 1 saturated heterocycles. The van der Waals surface area contributed by atoms with E-state index in [1.165, 1.54) is 0 Å². The number of rotatable bonds is 2. The fraction of sp³-hybridized carbons (Fsp3) is 0.375. The van der Waals surface area contributed by atoms with Crippen LogP contribution in [0.3, 0.4) is 0 Å². The van der Waals surface area contributed by atoms with E-state index >= 15 is 0 Å². The number of piperidine rings is 1. The zero-order valence-corrected chi connectivity index (χ0v) is 13.4.